The smallest absolute Gasteiger partial charge is 0.00196 e. The fraction of sp³-hybridized carbons (Fsp3) is 0.0526. The van der Waals surface area contributed by atoms with Gasteiger partial charge in [-0.2, -0.15) is 0 Å². The lowest BCUT2D eigenvalue weighted by Crippen LogP contribution is -1.91. The molecule has 0 bridgehead atoms. The second-order valence-electron chi connectivity index (χ2n) is 4.60. The normalized spacial score (nSPS) is 10.3. The molecule has 1 radical (unpaired) electrons. The Kier molecular flexibility index (Phi) is 3.42. The predicted octanol–water partition coefficient (Wildman–Crippen LogP) is 4.74. The van der Waals surface area contributed by atoms with Gasteiger partial charge >= 0.3 is 0 Å². The molecule has 3 aromatic rings. The second-order valence-corrected chi connectivity index (χ2v) is 4.60. The molecule has 0 heterocycles. The molecule has 0 saturated carbocycles. The summed E-state index contributed by atoms with van der Waals surface area (Å²) in [5.41, 5.74) is 5.11. The van der Waals surface area contributed by atoms with E-state index < -0.39 is 0 Å². The zero-order chi connectivity index (χ0) is 12.9. The van der Waals surface area contributed by atoms with E-state index in [1.54, 1.807) is 0 Å². The highest BCUT2D eigenvalue weighted by atomic mass is 14.1. The van der Waals surface area contributed by atoms with Crippen molar-refractivity contribution < 1.29 is 0 Å². The molecule has 0 aromatic heterocycles. The fourth-order valence-electron chi connectivity index (χ4n) is 2.31. The monoisotopic (exact) mass is 243 g/mol. The first kappa shape index (κ1) is 11.7. The third-order valence-electron chi connectivity index (χ3n) is 3.25. The van der Waals surface area contributed by atoms with Crippen LogP contribution in [0, 0.1) is 6.07 Å². The first-order valence-corrected chi connectivity index (χ1v) is 6.52. The van der Waals surface area contributed by atoms with Crippen molar-refractivity contribution in [3.05, 3.63) is 96.1 Å². The van der Waals surface area contributed by atoms with Gasteiger partial charge in [-0.15, -0.1) is 0 Å². The Labute approximate surface area is 114 Å². The summed E-state index contributed by atoms with van der Waals surface area (Å²) < 4.78 is 0. The summed E-state index contributed by atoms with van der Waals surface area (Å²) in [7, 11) is 0. The average molecular weight is 243 g/mol. The van der Waals surface area contributed by atoms with E-state index in [-0.39, 0.29) is 0 Å². The third-order valence-corrected chi connectivity index (χ3v) is 3.25. The number of benzene rings is 3. The highest BCUT2D eigenvalue weighted by Crippen LogP contribution is 2.24. The molecule has 0 fully saturated rings. The van der Waals surface area contributed by atoms with Crippen LogP contribution in [0.3, 0.4) is 0 Å². The summed E-state index contributed by atoms with van der Waals surface area (Å²) in [6.45, 7) is 0. The van der Waals surface area contributed by atoms with Crippen LogP contribution in [0.4, 0.5) is 0 Å². The third kappa shape index (κ3) is 2.74. The Balaban J connectivity index is 1.99. The van der Waals surface area contributed by atoms with Gasteiger partial charge < -0.3 is 0 Å². The van der Waals surface area contributed by atoms with Crippen molar-refractivity contribution in [3.8, 4) is 11.1 Å². The molecule has 0 atom stereocenters. The molecule has 3 rings (SSSR count). The Morgan fingerprint density at radius 2 is 1.42 bits per heavy atom. The van der Waals surface area contributed by atoms with Crippen LogP contribution in [0.5, 0.6) is 0 Å². The van der Waals surface area contributed by atoms with Crippen LogP contribution in [0.2, 0.25) is 0 Å². The lowest BCUT2D eigenvalue weighted by Gasteiger charge is -2.09. The van der Waals surface area contributed by atoms with Crippen molar-refractivity contribution in [2.24, 2.45) is 0 Å². The van der Waals surface area contributed by atoms with Gasteiger partial charge in [-0.05, 0) is 34.7 Å². The predicted molar refractivity (Wildman–Crippen MR) is 80.0 cm³/mol. The molecule has 0 aliphatic rings. The summed E-state index contributed by atoms with van der Waals surface area (Å²) in [6, 6.07) is 30.6. The zero-order valence-corrected chi connectivity index (χ0v) is 10.7. The first-order chi connectivity index (χ1) is 9.43. The Morgan fingerprint density at radius 3 is 2.21 bits per heavy atom. The minimum atomic E-state index is 0.958. The van der Waals surface area contributed by atoms with Crippen LogP contribution in [0.15, 0.2) is 78.9 Å². The van der Waals surface area contributed by atoms with E-state index >= 15 is 0 Å². The lowest BCUT2D eigenvalue weighted by atomic mass is 9.95. The maximum Gasteiger partial charge on any atom is -0.00196 e. The van der Waals surface area contributed by atoms with Gasteiger partial charge in [0.25, 0.3) is 0 Å². The van der Waals surface area contributed by atoms with E-state index in [1.807, 2.05) is 12.1 Å². The number of rotatable bonds is 3. The van der Waals surface area contributed by atoms with Crippen molar-refractivity contribution in [1.82, 2.24) is 0 Å². The van der Waals surface area contributed by atoms with Crippen LogP contribution < -0.4 is 0 Å². The van der Waals surface area contributed by atoms with Gasteiger partial charge in [0.2, 0.25) is 0 Å². The highest BCUT2D eigenvalue weighted by Gasteiger charge is 2.04. The maximum atomic E-state index is 3.31. The molecule has 0 N–H and O–H groups in total. The van der Waals surface area contributed by atoms with E-state index in [0.717, 1.165) is 12.0 Å². The van der Waals surface area contributed by atoms with Gasteiger partial charge in [0.15, 0.2) is 0 Å². The van der Waals surface area contributed by atoms with Crippen molar-refractivity contribution in [2.45, 2.75) is 6.42 Å². The van der Waals surface area contributed by atoms with Crippen LogP contribution in [0.25, 0.3) is 11.1 Å². The summed E-state index contributed by atoms with van der Waals surface area (Å²) in [6.07, 6.45) is 0.958. The molecule has 0 aliphatic carbocycles. The molecule has 19 heavy (non-hydrogen) atoms. The van der Waals surface area contributed by atoms with Gasteiger partial charge in [0.05, 0.1) is 0 Å². The minimum absolute atomic E-state index is 0.958. The van der Waals surface area contributed by atoms with Crippen LogP contribution in [-0.4, -0.2) is 0 Å². The van der Waals surface area contributed by atoms with E-state index in [0.29, 0.717) is 0 Å². The molecule has 91 valence electrons. The molecule has 0 spiro atoms. The maximum absolute atomic E-state index is 3.31. The van der Waals surface area contributed by atoms with E-state index in [1.165, 1.54) is 16.7 Å². The summed E-state index contributed by atoms with van der Waals surface area (Å²) >= 11 is 0. The molecular weight excluding hydrogens is 228 g/mol. The van der Waals surface area contributed by atoms with Crippen LogP contribution in [0.1, 0.15) is 11.1 Å². The summed E-state index contributed by atoms with van der Waals surface area (Å²) in [5.74, 6) is 0. The molecule has 0 heteroatoms. The molecule has 0 nitrogen and oxygen atoms in total. The van der Waals surface area contributed by atoms with Crippen LogP contribution in [-0.2, 0) is 6.42 Å². The number of hydrogen-bond donors (Lipinski definition) is 0. The van der Waals surface area contributed by atoms with Gasteiger partial charge in [-0.3, -0.25) is 0 Å². The second kappa shape index (κ2) is 5.53. The quantitative estimate of drug-likeness (QED) is 0.623. The van der Waals surface area contributed by atoms with Crippen LogP contribution >= 0.6 is 0 Å². The molecule has 3 aromatic carbocycles. The van der Waals surface area contributed by atoms with Gasteiger partial charge in [0, 0.05) is 0 Å². The summed E-state index contributed by atoms with van der Waals surface area (Å²) in [5, 5.41) is 0. The molecule has 0 saturated heterocycles. The standard InChI is InChI=1S/C19H15/c1-3-9-16(10-4-1)15-18-13-7-8-14-19(18)17-11-5-2-6-12-17/h1-11,13-14H,15H2. The van der Waals surface area contributed by atoms with E-state index in [9.17, 15) is 0 Å². The van der Waals surface area contributed by atoms with E-state index in [4.69, 9.17) is 0 Å². The minimum Gasteiger partial charge on any atom is -0.0622 e. The Morgan fingerprint density at radius 1 is 0.684 bits per heavy atom. The van der Waals surface area contributed by atoms with Crippen molar-refractivity contribution in [1.29, 1.82) is 0 Å². The van der Waals surface area contributed by atoms with E-state index in [2.05, 4.69) is 72.8 Å². The molecule has 0 unspecified atom stereocenters. The highest BCUT2D eigenvalue weighted by molar-refractivity contribution is 5.67. The zero-order valence-electron chi connectivity index (χ0n) is 10.7. The SMILES string of the molecule is [c]1ccccc1-c1ccccc1Cc1ccccc1. The van der Waals surface area contributed by atoms with Gasteiger partial charge in [-0.1, -0.05) is 78.9 Å². The van der Waals surface area contributed by atoms with Gasteiger partial charge in [-0.25, -0.2) is 0 Å². The largest absolute Gasteiger partial charge is 0.0622 e. The van der Waals surface area contributed by atoms with Crippen molar-refractivity contribution >= 4 is 0 Å². The summed E-state index contributed by atoms with van der Waals surface area (Å²) in [4.78, 5) is 0. The fourth-order valence-corrected chi connectivity index (χ4v) is 2.31. The topological polar surface area (TPSA) is 0 Å². The Bertz CT molecular complexity index is 639. The average Bonchev–Trinajstić information content (AvgIpc) is 2.50. The molecule has 0 aliphatic heterocycles. The number of hydrogen-bond acceptors (Lipinski definition) is 0. The lowest BCUT2D eigenvalue weighted by molar-refractivity contribution is 1.19. The first-order valence-electron chi connectivity index (χ1n) is 6.52. The van der Waals surface area contributed by atoms with Crippen molar-refractivity contribution in [3.63, 3.8) is 0 Å². The molecule has 0 amide bonds. The molecular formula is C19H15. The van der Waals surface area contributed by atoms with Crippen molar-refractivity contribution in [2.75, 3.05) is 0 Å². The Hall–Kier alpha value is -2.34. The van der Waals surface area contributed by atoms with Gasteiger partial charge in [0.1, 0.15) is 0 Å².